The van der Waals surface area contributed by atoms with Gasteiger partial charge in [0.1, 0.15) is 11.3 Å². The van der Waals surface area contributed by atoms with E-state index in [9.17, 15) is 14.4 Å². The van der Waals surface area contributed by atoms with Gasteiger partial charge in [-0.25, -0.2) is 0 Å². The van der Waals surface area contributed by atoms with E-state index in [1.54, 1.807) is 29.2 Å². The van der Waals surface area contributed by atoms with Gasteiger partial charge in [-0.3, -0.25) is 14.4 Å². The number of rotatable bonds is 6. The number of nitrogens with zero attached hydrogens (tertiary/aromatic N) is 1. The predicted octanol–water partition coefficient (Wildman–Crippen LogP) is 4.36. The van der Waals surface area contributed by atoms with Gasteiger partial charge in [0.05, 0.1) is 12.0 Å². The van der Waals surface area contributed by atoms with Crippen molar-refractivity contribution in [3.05, 3.63) is 70.9 Å². The fraction of sp³-hybridized carbons (Fsp3) is 0.320. The average Bonchev–Trinajstić information content (AvgIpc) is 3.27. The number of benzene rings is 2. The van der Waals surface area contributed by atoms with Gasteiger partial charge in [0.25, 0.3) is 11.8 Å². The zero-order valence-corrected chi connectivity index (χ0v) is 19.0. The molecule has 33 heavy (non-hydrogen) atoms. The maximum absolute atomic E-state index is 12.6. The van der Waals surface area contributed by atoms with Crippen molar-refractivity contribution < 1.29 is 23.5 Å². The minimum atomic E-state index is -0.417. The van der Waals surface area contributed by atoms with Crippen molar-refractivity contribution in [2.24, 2.45) is 5.92 Å². The number of carbonyl (C=O) groups excluding carboxylic acids is 3. The van der Waals surface area contributed by atoms with Crippen LogP contribution in [0.2, 0.25) is 5.02 Å². The summed E-state index contributed by atoms with van der Waals surface area (Å²) >= 11 is 5.87. The first-order chi connectivity index (χ1) is 15.9. The zero-order chi connectivity index (χ0) is 23.4. The van der Waals surface area contributed by atoms with Crippen LogP contribution >= 0.6 is 11.6 Å². The Hall–Kier alpha value is -3.32. The molecular formula is C25H25ClN2O5. The van der Waals surface area contributed by atoms with E-state index in [0.717, 1.165) is 11.0 Å². The lowest BCUT2D eigenvalue weighted by Crippen LogP contribution is -2.41. The zero-order valence-electron chi connectivity index (χ0n) is 18.3. The van der Waals surface area contributed by atoms with E-state index in [-0.39, 0.29) is 24.5 Å². The number of hydrogen-bond acceptors (Lipinski definition) is 5. The fourth-order valence-corrected chi connectivity index (χ4v) is 4.04. The largest absolute Gasteiger partial charge is 0.459 e. The number of para-hydroxylation sites is 1. The standard InChI is InChI=1S/C25H25ClN2O5/c1-16(22-14-19-4-2-3-5-21(19)33-22)27-23(29)15-32-25(31)18-10-12-28(13-11-18)24(30)17-6-8-20(26)9-7-17/h2-9,14,16,18H,10-13,15H2,1H3,(H,27,29). The molecule has 4 rings (SSSR count). The summed E-state index contributed by atoms with van der Waals surface area (Å²) in [5.41, 5.74) is 1.32. The monoisotopic (exact) mass is 468 g/mol. The van der Waals surface area contributed by atoms with Crippen molar-refractivity contribution in [2.75, 3.05) is 19.7 Å². The van der Waals surface area contributed by atoms with Crippen LogP contribution in [0.1, 0.15) is 41.9 Å². The third-order valence-corrected chi connectivity index (χ3v) is 6.05. The van der Waals surface area contributed by atoms with E-state index < -0.39 is 11.9 Å². The molecule has 1 N–H and O–H groups in total. The molecule has 1 saturated heterocycles. The Balaban J connectivity index is 1.21. The molecule has 1 aliphatic rings. The van der Waals surface area contributed by atoms with Gasteiger partial charge in [-0.2, -0.15) is 0 Å². The summed E-state index contributed by atoms with van der Waals surface area (Å²) in [5.74, 6) is -0.599. The van der Waals surface area contributed by atoms with Crippen molar-refractivity contribution in [3.63, 3.8) is 0 Å². The third kappa shape index (κ3) is 5.54. The first-order valence-corrected chi connectivity index (χ1v) is 11.3. The molecule has 172 valence electrons. The molecule has 1 aromatic heterocycles. The minimum Gasteiger partial charge on any atom is -0.459 e. The molecule has 0 spiro atoms. The third-order valence-electron chi connectivity index (χ3n) is 5.80. The highest BCUT2D eigenvalue weighted by Crippen LogP contribution is 2.24. The number of amides is 2. The number of halogens is 1. The number of furan rings is 1. The van der Waals surface area contributed by atoms with Crippen molar-refractivity contribution in [2.45, 2.75) is 25.8 Å². The molecule has 2 aromatic carbocycles. The second-order valence-corrected chi connectivity index (χ2v) is 8.59. The summed E-state index contributed by atoms with van der Waals surface area (Å²) in [7, 11) is 0. The number of fused-ring (bicyclic) bond motifs is 1. The second kappa shape index (κ2) is 10.1. The van der Waals surface area contributed by atoms with E-state index >= 15 is 0 Å². The predicted molar refractivity (Wildman–Crippen MR) is 124 cm³/mol. The molecule has 2 heterocycles. The lowest BCUT2D eigenvalue weighted by Gasteiger charge is -2.31. The van der Waals surface area contributed by atoms with Crippen molar-refractivity contribution >= 4 is 40.4 Å². The molecule has 2 amide bonds. The molecule has 8 heteroatoms. The van der Waals surface area contributed by atoms with Crippen LogP contribution in [0.4, 0.5) is 0 Å². The van der Waals surface area contributed by atoms with E-state index in [1.165, 1.54) is 0 Å². The van der Waals surface area contributed by atoms with Crippen LogP contribution in [-0.2, 0) is 14.3 Å². The Morgan fingerprint density at radius 3 is 2.52 bits per heavy atom. The molecule has 1 unspecified atom stereocenters. The Morgan fingerprint density at radius 1 is 1.12 bits per heavy atom. The molecule has 0 radical (unpaired) electrons. The van der Waals surface area contributed by atoms with Gasteiger partial charge >= 0.3 is 5.97 Å². The van der Waals surface area contributed by atoms with E-state index in [4.69, 9.17) is 20.8 Å². The highest BCUT2D eigenvalue weighted by atomic mass is 35.5. The maximum atomic E-state index is 12.6. The number of likely N-dealkylation sites (tertiary alicyclic amines) is 1. The number of nitrogens with one attached hydrogen (secondary N) is 1. The highest BCUT2D eigenvalue weighted by Gasteiger charge is 2.29. The molecular weight excluding hydrogens is 444 g/mol. The Kier molecular flexibility index (Phi) is 6.99. The number of esters is 1. The van der Waals surface area contributed by atoms with Gasteiger partial charge in [0.2, 0.25) is 0 Å². The maximum Gasteiger partial charge on any atom is 0.309 e. The van der Waals surface area contributed by atoms with E-state index in [0.29, 0.717) is 42.3 Å². The van der Waals surface area contributed by atoms with Crippen LogP contribution in [0.15, 0.2) is 59.0 Å². The van der Waals surface area contributed by atoms with E-state index in [2.05, 4.69) is 5.32 Å². The van der Waals surface area contributed by atoms with Gasteiger partial charge in [0.15, 0.2) is 6.61 Å². The summed E-state index contributed by atoms with van der Waals surface area (Å²) in [6, 6.07) is 15.9. The van der Waals surface area contributed by atoms with Gasteiger partial charge in [-0.15, -0.1) is 0 Å². The van der Waals surface area contributed by atoms with Crippen LogP contribution < -0.4 is 5.32 Å². The molecule has 0 bridgehead atoms. The van der Waals surface area contributed by atoms with Crippen molar-refractivity contribution in [1.82, 2.24) is 10.2 Å². The lowest BCUT2D eigenvalue weighted by atomic mass is 9.96. The summed E-state index contributed by atoms with van der Waals surface area (Å²) in [5, 5.41) is 4.32. The van der Waals surface area contributed by atoms with Crippen LogP contribution in [-0.4, -0.2) is 42.4 Å². The van der Waals surface area contributed by atoms with Gasteiger partial charge in [-0.05, 0) is 56.2 Å². The van der Waals surface area contributed by atoms with Gasteiger partial charge < -0.3 is 19.4 Å². The molecule has 0 aliphatic carbocycles. The second-order valence-electron chi connectivity index (χ2n) is 8.16. The number of piperidine rings is 1. The quantitative estimate of drug-likeness (QED) is 0.543. The van der Waals surface area contributed by atoms with Crippen molar-refractivity contribution in [3.8, 4) is 0 Å². The fourth-order valence-electron chi connectivity index (χ4n) is 3.92. The van der Waals surface area contributed by atoms with Crippen LogP contribution in [0, 0.1) is 5.92 Å². The summed E-state index contributed by atoms with van der Waals surface area (Å²) in [6.07, 6.45) is 0.990. The molecule has 1 atom stereocenters. The normalized spacial score (nSPS) is 15.3. The molecule has 1 aliphatic heterocycles. The van der Waals surface area contributed by atoms with Crippen molar-refractivity contribution in [1.29, 1.82) is 0 Å². The summed E-state index contributed by atoms with van der Waals surface area (Å²) in [6.45, 7) is 2.37. The smallest absolute Gasteiger partial charge is 0.309 e. The van der Waals surface area contributed by atoms with Crippen LogP contribution in [0.3, 0.4) is 0 Å². The molecule has 1 fully saturated rings. The topological polar surface area (TPSA) is 88.9 Å². The van der Waals surface area contributed by atoms with Gasteiger partial charge in [-0.1, -0.05) is 29.8 Å². The first kappa shape index (κ1) is 22.9. The highest BCUT2D eigenvalue weighted by molar-refractivity contribution is 6.30. The Morgan fingerprint density at radius 2 is 1.82 bits per heavy atom. The first-order valence-electron chi connectivity index (χ1n) is 10.9. The van der Waals surface area contributed by atoms with Crippen LogP contribution in [0.5, 0.6) is 0 Å². The summed E-state index contributed by atoms with van der Waals surface area (Å²) in [4.78, 5) is 39.0. The molecule has 7 nitrogen and oxygen atoms in total. The Bertz CT molecular complexity index is 1120. The van der Waals surface area contributed by atoms with E-state index in [1.807, 2.05) is 37.3 Å². The molecule has 0 saturated carbocycles. The molecule has 3 aromatic rings. The number of hydrogen-bond donors (Lipinski definition) is 1. The van der Waals surface area contributed by atoms with Crippen LogP contribution in [0.25, 0.3) is 11.0 Å². The minimum absolute atomic E-state index is 0.0857. The summed E-state index contributed by atoms with van der Waals surface area (Å²) < 4.78 is 11.0. The van der Waals surface area contributed by atoms with Gasteiger partial charge in [0, 0.05) is 29.1 Å². The SMILES string of the molecule is CC(NC(=O)COC(=O)C1CCN(C(=O)c2ccc(Cl)cc2)CC1)c1cc2ccccc2o1. The Labute approximate surface area is 196 Å². The number of carbonyl (C=O) groups is 3. The lowest BCUT2D eigenvalue weighted by molar-refractivity contribution is -0.154. The average molecular weight is 469 g/mol. The number of ether oxygens (including phenoxy) is 1.